The van der Waals surface area contributed by atoms with Gasteiger partial charge in [-0.05, 0) is 47.6 Å². The van der Waals surface area contributed by atoms with E-state index in [0.717, 1.165) is 26.1 Å². The van der Waals surface area contributed by atoms with Crippen molar-refractivity contribution in [1.82, 2.24) is 10.2 Å². The molecule has 0 bridgehead atoms. The molecule has 0 aliphatic carbocycles. The third-order valence-electron chi connectivity index (χ3n) is 2.50. The van der Waals surface area contributed by atoms with E-state index in [0.29, 0.717) is 17.0 Å². The number of halogens is 1. The zero-order valence-electron chi connectivity index (χ0n) is 10.3. The van der Waals surface area contributed by atoms with Crippen LogP contribution in [0.15, 0.2) is 21.2 Å². The molecule has 1 aromatic heterocycles. The summed E-state index contributed by atoms with van der Waals surface area (Å²) in [6.45, 7) is 7.88. The van der Waals surface area contributed by atoms with Crippen LogP contribution in [0, 0.1) is 0 Å². The van der Waals surface area contributed by atoms with E-state index in [2.05, 4.69) is 40.0 Å². The van der Waals surface area contributed by atoms with E-state index in [1.165, 1.54) is 0 Å². The molecule has 0 spiro atoms. The Balaban J connectivity index is 2.28. The van der Waals surface area contributed by atoms with Crippen molar-refractivity contribution in [1.29, 1.82) is 0 Å². The van der Waals surface area contributed by atoms with Crippen molar-refractivity contribution in [2.75, 3.05) is 26.2 Å². The van der Waals surface area contributed by atoms with E-state index in [4.69, 9.17) is 4.42 Å². The molecule has 4 nitrogen and oxygen atoms in total. The molecule has 0 saturated carbocycles. The molecule has 0 aliphatic heterocycles. The number of rotatable bonds is 7. The summed E-state index contributed by atoms with van der Waals surface area (Å²) in [5.74, 6) is 0.179. The zero-order valence-corrected chi connectivity index (χ0v) is 11.9. The highest BCUT2D eigenvalue weighted by Gasteiger charge is 2.09. The van der Waals surface area contributed by atoms with E-state index in [9.17, 15) is 4.79 Å². The monoisotopic (exact) mass is 302 g/mol. The van der Waals surface area contributed by atoms with Gasteiger partial charge in [-0.25, -0.2) is 0 Å². The van der Waals surface area contributed by atoms with Gasteiger partial charge in [0.05, 0.1) is 0 Å². The quantitative estimate of drug-likeness (QED) is 0.842. The summed E-state index contributed by atoms with van der Waals surface area (Å²) < 4.78 is 5.74. The van der Waals surface area contributed by atoms with Crippen molar-refractivity contribution in [3.63, 3.8) is 0 Å². The largest absolute Gasteiger partial charge is 0.444 e. The number of hydrogen-bond acceptors (Lipinski definition) is 3. The van der Waals surface area contributed by atoms with Crippen LogP contribution < -0.4 is 5.32 Å². The first-order valence-electron chi connectivity index (χ1n) is 5.93. The number of furan rings is 1. The molecule has 0 atom stereocenters. The summed E-state index contributed by atoms with van der Waals surface area (Å²) in [5.41, 5.74) is 0. The standard InChI is InChI=1S/C12H19BrN2O2/c1-3-8-15(4-2)9-7-14-12(16)10-5-6-11(13)17-10/h5-6H,3-4,7-9H2,1-2H3,(H,14,16). The molecule has 0 radical (unpaired) electrons. The van der Waals surface area contributed by atoms with Gasteiger partial charge in [0, 0.05) is 13.1 Å². The van der Waals surface area contributed by atoms with Gasteiger partial charge in [-0.3, -0.25) is 4.79 Å². The van der Waals surface area contributed by atoms with Crippen molar-refractivity contribution in [2.45, 2.75) is 20.3 Å². The van der Waals surface area contributed by atoms with Crippen LogP contribution in [0.1, 0.15) is 30.8 Å². The first kappa shape index (κ1) is 14.3. The molecule has 1 rings (SSSR count). The van der Waals surface area contributed by atoms with Crippen LogP contribution in [0.5, 0.6) is 0 Å². The molecule has 17 heavy (non-hydrogen) atoms. The smallest absolute Gasteiger partial charge is 0.287 e. The van der Waals surface area contributed by atoms with Crippen molar-refractivity contribution in [3.8, 4) is 0 Å². The highest BCUT2D eigenvalue weighted by Crippen LogP contribution is 2.13. The Labute approximate surface area is 110 Å². The average Bonchev–Trinajstić information content (AvgIpc) is 2.74. The molecule has 0 aromatic carbocycles. The molecule has 0 aliphatic rings. The van der Waals surface area contributed by atoms with E-state index in [1.807, 2.05) is 0 Å². The SMILES string of the molecule is CCCN(CC)CCNC(=O)c1ccc(Br)o1. The lowest BCUT2D eigenvalue weighted by Crippen LogP contribution is -2.35. The van der Waals surface area contributed by atoms with Gasteiger partial charge in [-0.1, -0.05) is 13.8 Å². The van der Waals surface area contributed by atoms with E-state index in [-0.39, 0.29) is 5.91 Å². The predicted molar refractivity (Wildman–Crippen MR) is 71.1 cm³/mol. The minimum absolute atomic E-state index is 0.164. The van der Waals surface area contributed by atoms with Crippen LogP contribution in [0.2, 0.25) is 0 Å². The predicted octanol–water partition coefficient (Wildman–Crippen LogP) is 2.50. The average molecular weight is 303 g/mol. The molecule has 0 unspecified atom stereocenters. The van der Waals surface area contributed by atoms with Crippen molar-refractivity contribution < 1.29 is 9.21 Å². The van der Waals surface area contributed by atoms with Gasteiger partial charge in [0.2, 0.25) is 0 Å². The zero-order chi connectivity index (χ0) is 12.7. The van der Waals surface area contributed by atoms with Crippen molar-refractivity contribution >= 4 is 21.8 Å². The maximum atomic E-state index is 11.6. The Hall–Kier alpha value is -0.810. The maximum Gasteiger partial charge on any atom is 0.287 e. The summed E-state index contributed by atoms with van der Waals surface area (Å²) >= 11 is 3.17. The Bertz CT molecular complexity index is 352. The Morgan fingerprint density at radius 3 is 2.71 bits per heavy atom. The lowest BCUT2D eigenvalue weighted by Gasteiger charge is -2.19. The van der Waals surface area contributed by atoms with Gasteiger partial charge in [-0.2, -0.15) is 0 Å². The van der Waals surface area contributed by atoms with Crippen LogP contribution >= 0.6 is 15.9 Å². The van der Waals surface area contributed by atoms with E-state index in [1.54, 1.807) is 12.1 Å². The number of carbonyl (C=O) groups is 1. The Morgan fingerprint density at radius 1 is 1.41 bits per heavy atom. The van der Waals surface area contributed by atoms with Gasteiger partial charge < -0.3 is 14.6 Å². The molecule has 1 aromatic rings. The van der Waals surface area contributed by atoms with Crippen LogP contribution in [-0.2, 0) is 0 Å². The second-order valence-corrected chi connectivity index (χ2v) is 4.58. The lowest BCUT2D eigenvalue weighted by atomic mass is 10.4. The fraction of sp³-hybridized carbons (Fsp3) is 0.583. The van der Waals surface area contributed by atoms with Gasteiger partial charge in [0.15, 0.2) is 10.4 Å². The number of hydrogen-bond donors (Lipinski definition) is 1. The van der Waals surface area contributed by atoms with Gasteiger partial charge in [0.25, 0.3) is 5.91 Å². The van der Waals surface area contributed by atoms with Gasteiger partial charge in [0.1, 0.15) is 0 Å². The fourth-order valence-electron chi connectivity index (χ4n) is 1.60. The normalized spacial score (nSPS) is 10.8. The second kappa shape index (κ2) is 7.50. The summed E-state index contributed by atoms with van der Waals surface area (Å²) in [6, 6.07) is 3.37. The molecular formula is C12H19BrN2O2. The lowest BCUT2D eigenvalue weighted by molar-refractivity contribution is 0.0919. The molecule has 1 heterocycles. The molecular weight excluding hydrogens is 284 g/mol. The number of carbonyl (C=O) groups excluding carboxylic acids is 1. The van der Waals surface area contributed by atoms with Gasteiger partial charge >= 0.3 is 0 Å². The summed E-state index contributed by atoms with van der Waals surface area (Å²) in [7, 11) is 0. The number of nitrogens with zero attached hydrogens (tertiary/aromatic N) is 1. The molecule has 96 valence electrons. The maximum absolute atomic E-state index is 11.6. The van der Waals surface area contributed by atoms with Gasteiger partial charge in [-0.15, -0.1) is 0 Å². The molecule has 0 saturated heterocycles. The third kappa shape index (κ3) is 4.91. The first-order valence-corrected chi connectivity index (χ1v) is 6.72. The van der Waals surface area contributed by atoms with Crippen LogP contribution in [0.4, 0.5) is 0 Å². The van der Waals surface area contributed by atoms with Crippen LogP contribution in [0.3, 0.4) is 0 Å². The number of amides is 1. The van der Waals surface area contributed by atoms with Crippen LogP contribution in [-0.4, -0.2) is 37.0 Å². The minimum Gasteiger partial charge on any atom is -0.444 e. The summed E-state index contributed by atoms with van der Waals surface area (Å²) in [4.78, 5) is 13.9. The van der Waals surface area contributed by atoms with Crippen molar-refractivity contribution in [2.24, 2.45) is 0 Å². The minimum atomic E-state index is -0.164. The highest BCUT2D eigenvalue weighted by molar-refractivity contribution is 9.10. The number of nitrogens with one attached hydrogen (secondary N) is 1. The Kier molecular flexibility index (Phi) is 6.29. The second-order valence-electron chi connectivity index (χ2n) is 3.79. The van der Waals surface area contributed by atoms with E-state index < -0.39 is 0 Å². The van der Waals surface area contributed by atoms with Crippen molar-refractivity contribution in [3.05, 3.63) is 22.6 Å². The molecule has 1 N–H and O–H groups in total. The first-order chi connectivity index (χ1) is 8.17. The molecule has 5 heteroatoms. The molecule has 0 fully saturated rings. The molecule has 1 amide bonds. The topological polar surface area (TPSA) is 45.5 Å². The summed E-state index contributed by atoms with van der Waals surface area (Å²) in [5, 5.41) is 2.84. The van der Waals surface area contributed by atoms with E-state index >= 15 is 0 Å². The Morgan fingerprint density at radius 2 is 2.18 bits per heavy atom. The third-order valence-corrected chi connectivity index (χ3v) is 2.92. The number of likely N-dealkylation sites (N-methyl/N-ethyl adjacent to an activating group) is 1. The fourth-order valence-corrected chi connectivity index (χ4v) is 1.90. The summed E-state index contributed by atoms with van der Waals surface area (Å²) in [6.07, 6.45) is 1.13. The van der Waals surface area contributed by atoms with Crippen LogP contribution in [0.25, 0.3) is 0 Å². The highest BCUT2D eigenvalue weighted by atomic mass is 79.9.